The number of nitrogens with zero attached hydrogens (tertiary/aromatic N) is 4. The molecular formula is C26H22F2N6O4. The summed E-state index contributed by atoms with van der Waals surface area (Å²) in [4.78, 5) is 50.2. The van der Waals surface area contributed by atoms with Crippen LogP contribution >= 0.6 is 0 Å². The Labute approximate surface area is 214 Å². The zero-order valence-electron chi connectivity index (χ0n) is 19.9. The standard InChI is InChI=1S/C26H22F2N6O4/c27-15-5-10-18(19(28)11-15)24(35)32-16-6-1-13(2-7-16)20-25(36)34(17-8-3-14(4-9-17)26(37)38)23-21(33-20)22(29)30-12-31-23/h1-2,5-7,10-12,14,17H,3-4,8-9H2,(H,32,35)(H,37,38)(H2,29,30,31). The minimum absolute atomic E-state index is 0.0850. The summed E-state index contributed by atoms with van der Waals surface area (Å²) in [6.45, 7) is 0. The number of aromatic nitrogens is 4. The van der Waals surface area contributed by atoms with E-state index in [9.17, 15) is 28.3 Å². The number of amides is 1. The van der Waals surface area contributed by atoms with E-state index < -0.39 is 35.0 Å². The summed E-state index contributed by atoms with van der Waals surface area (Å²) in [5, 5.41) is 11.9. The van der Waals surface area contributed by atoms with Gasteiger partial charge in [0.2, 0.25) is 0 Å². The number of nitrogens with one attached hydrogen (secondary N) is 1. The number of benzene rings is 2. The lowest BCUT2D eigenvalue weighted by molar-refractivity contribution is -0.143. The van der Waals surface area contributed by atoms with E-state index in [1.54, 1.807) is 12.1 Å². The molecule has 0 aliphatic heterocycles. The smallest absolute Gasteiger partial charge is 0.306 e. The number of rotatable bonds is 5. The van der Waals surface area contributed by atoms with E-state index in [2.05, 4.69) is 20.3 Å². The molecule has 0 atom stereocenters. The molecule has 4 N–H and O–H groups in total. The summed E-state index contributed by atoms with van der Waals surface area (Å²) >= 11 is 0. The maximum absolute atomic E-state index is 14.0. The number of hydrogen-bond donors (Lipinski definition) is 3. The second-order valence-corrected chi connectivity index (χ2v) is 9.07. The molecule has 5 rings (SSSR count). The van der Waals surface area contributed by atoms with Crippen molar-refractivity contribution in [1.29, 1.82) is 0 Å². The van der Waals surface area contributed by atoms with E-state index in [-0.39, 0.29) is 34.3 Å². The number of carbonyl (C=O) groups is 2. The first-order chi connectivity index (χ1) is 18.2. The summed E-state index contributed by atoms with van der Waals surface area (Å²) in [7, 11) is 0. The van der Waals surface area contributed by atoms with Gasteiger partial charge in [-0.05, 0) is 49.9 Å². The Morgan fingerprint density at radius 1 is 1.03 bits per heavy atom. The lowest BCUT2D eigenvalue weighted by Gasteiger charge is -2.28. The molecule has 0 saturated heterocycles. The van der Waals surface area contributed by atoms with Gasteiger partial charge in [-0.3, -0.25) is 19.0 Å². The quantitative estimate of drug-likeness (QED) is 0.359. The maximum Gasteiger partial charge on any atom is 0.306 e. The molecule has 1 aliphatic carbocycles. The number of fused-ring (bicyclic) bond motifs is 1. The fourth-order valence-corrected chi connectivity index (χ4v) is 4.73. The number of nitrogens with two attached hydrogens (primary N) is 1. The number of carboxylic acids is 1. The van der Waals surface area contributed by atoms with Crippen molar-refractivity contribution in [2.75, 3.05) is 11.1 Å². The van der Waals surface area contributed by atoms with Crippen LogP contribution in [0.4, 0.5) is 20.3 Å². The van der Waals surface area contributed by atoms with Crippen LogP contribution < -0.4 is 16.6 Å². The molecule has 0 spiro atoms. The summed E-state index contributed by atoms with van der Waals surface area (Å²) in [5.74, 6) is -3.76. The zero-order chi connectivity index (χ0) is 27.0. The van der Waals surface area contributed by atoms with E-state index in [1.807, 2.05) is 0 Å². The molecule has 0 radical (unpaired) electrons. The van der Waals surface area contributed by atoms with Crippen LogP contribution in [0.5, 0.6) is 0 Å². The van der Waals surface area contributed by atoms with Crippen LogP contribution in [-0.4, -0.2) is 36.5 Å². The van der Waals surface area contributed by atoms with Gasteiger partial charge in [0.25, 0.3) is 11.5 Å². The first-order valence-corrected chi connectivity index (χ1v) is 11.8. The van der Waals surface area contributed by atoms with Crippen LogP contribution in [-0.2, 0) is 4.79 Å². The third kappa shape index (κ3) is 4.67. The average Bonchev–Trinajstić information content (AvgIpc) is 2.89. The minimum atomic E-state index is -0.989. The number of halogens is 2. The molecule has 1 fully saturated rings. The van der Waals surface area contributed by atoms with Gasteiger partial charge < -0.3 is 16.2 Å². The molecule has 0 bridgehead atoms. The molecule has 2 heterocycles. The van der Waals surface area contributed by atoms with Crippen molar-refractivity contribution in [3.63, 3.8) is 0 Å². The van der Waals surface area contributed by atoms with Crippen molar-refractivity contribution < 1.29 is 23.5 Å². The highest BCUT2D eigenvalue weighted by atomic mass is 19.1. The van der Waals surface area contributed by atoms with Crippen molar-refractivity contribution in [2.24, 2.45) is 5.92 Å². The third-order valence-corrected chi connectivity index (χ3v) is 6.71. The van der Waals surface area contributed by atoms with Crippen LogP contribution in [0.15, 0.2) is 53.6 Å². The van der Waals surface area contributed by atoms with E-state index in [4.69, 9.17) is 5.73 Å². The number of aliphatic carboxylic acids is 1. The number of nitrogen functional groups attached to an aromatic ring is 1. The Morgan fingerprint density at radius 3 is 2.39 bits per heavy atom. The van der Waals surface area contributed by atoms with Gasteiger partial charge in [0, 0.05) is 23.4 Å². The molecule has 2 aromatic carbocycles. The van der Waals surface area contributed by atoms with Gasteiger partial charge >= 0.3 is 5.97 Å². The lowest BCUT2D eigenvalue weighted by Crippen LogP contribution is -2.32. The normalized spacial score (nSPS) is 17.3. The van der Waals surface area contributed by atoms with Crippen LogP contribution in [0.1, 0.15) is 42.1 Å². The largest absolute Gasteiger partial charge is 0.481 e. The molecule has 194 valence electrons. The topological polar surface area (TPSA) is 153 Å². The van der Waals surface area contributed by atoms with Gasteiger partial charge in [-0.25, -0.2) is 23.7 Å². The maximum atomic E-state index is 14.0. The molecule has 2 aromatic heterocycles. The molecular weight excluding hydrogens is 498 g/mol. The van der Waals surface area contributed by atoms with Gasteiger partial charge in [-0.1, -0.05) is 12.1 Å². The molecule has 4 aromatic rings. The van der Waals surface area contributed by atoms with Crippen LogP contribution in [0, 0.1) is 17.6 Å². The van der Waals surface area contributed by atoms with E-state index >= 15 is 0 Å². The number of carboxylic acid groups (broad SMARTS) is 1. The monoisotopic (exact) mass is 520 g/mol. The fourth-order valence-electron chi connectivity index (χ4n) is 4.73. The van der Waals surface area contributed by atoms with Gasteiger partial charge in [-0.2, -0.15) is 0 Å². The van der Waals surface area contributed by atoms with Gasteiger partial charge in [0.05, 0.1) is 11.5 Å². The number of anilines is 2. The molecule has 38 heavy (non-hydrogen) atoms. The van der Waals surface area contributed by atoms with Crippen molar-refractivity contribution >= 4 is 34.5 Å². The second kappa shape index (κ2) is 9.96. The molecule has 0 unspecified atom stereocenters. The predicted octanol–water partition coefficient (Wildman–Crippen LogP) is 3.78. The average molecular weight is 520 g/mol. The Morgan fingerprint density at radius 2 is 1.74 bits per heavy atom. The molecule has 1 saturated carbocycles. The number of hydrogen-bond acceptors (Lipinski definition) is 7. The van der Waals surface area contributed by atoms with Gasteiger partial charge in [0.1, 0.15) is 29.2 Å². The fraction of sp³-hybridized carbons (Fsp3) is 0.231. The number of carbonyl (C=O) groups excluding carboxylic acids is 1. The summed E-state index contributed by atoms with van der Waals surface area (Å²) in [5.41, 5.74) is 6.68. The van der Waals surface area contributed by atoms with E-state index in [1.165, 1.54) is 23.0 Å². The van der Waals surface area contributed by atoms with Gasteiger partial charge in [-0.15, -0.1) is 0 Å². The van der Waals surface area contributed by atoms with Crippen LogP contribution in [0.25, 0.3) is 22.4 Å². The molecule has 12 heteroatoms. The highest BCUT2D eigenvalue weighted by Gasteiger charge is 2.29. The SMILES string of the molecule is Nc1ncnc2c1nc(-c1ccc(NC(=O)c3ccc(F)cc3F)cc1)c(=O)n2C1CCC(C(=O)O)CC1. The van der Waals surface area contributed by atoms with Crippen molar-refractivity contribution in [3.05, 3.63) is 76.3 Å². The molecule has 1 aliphatic rings. The predicted molar refractivity (Wildman–Crippen MR) is 134 cm³/mol. The van der Waals surface area contributed by atoms with E-state index in [0.29, 0.717) is 43.0 Å². The first-order valence-electron chi connectivity index (χ1n) is 11.8. The van der Waals surface area contributed by atoms with Crippen molar-refractivity contribution in [1.82, 2.24) is 19.5 Å². The second-order valence-electron chi connectivity index (χ2n) is 9.07. The first kappa shape index (κ1) is 24.9. The van der Waals surface area contributed by atoms with Crippen LogP contribution in [0.2, 0.25) is 0 Å². The Kier molecular flexibility index (Phi) is 6.53. The summed E-state index contributed by atoms with van der Waals surface area (Å²) in [6, 6.07) is 8.54. The van der Waals surface area contributed by atoms with Crippen LogP contribution in [0.3, 0.4) is 0 Å². The highest BCUT2D eigenvalue weighted by molar-refractivity contribution is 6.04. The Balaban J connectivity index is 1.48. The highest BCUT2D eigenvalue weighted by Crippen LogP contribution is 2.34. The minimum Gasteiger partial charge on any atom is -0.481 e. The third-order valence-electron chi connectivity index (χ3n) is 6.71. The summed E-state index contributed by atoms with van der Waals surface area (Å²) < 4.78 is 28.6. The Bertz CT molecular complexity index is 1620. The lowest BCUT2D eigenvalue weighted by atomic mass is 9.86. The van der Waals surface area contributed by atoms with Crippen molar-refractivity contribution in [3.8, 4) is 11.3 Å². The summed E-state index contributed by atoms with van der Waals surface area (Å²) in [6.07, 6.45) is 3.05. The Hall–Kier alpha value is -4.74. The molecule has 1 amide bonds. The van der Waals surface area contributed by atoms with Crippen molar-refractivity contribution in [2.45, 2.75) is 31.7 Å². The van der Waals surface area contributed by atoms with Gasteiger partial charge in [0.15, 0.2) is 11.5 Å². The molecule has 10 nitrogen and oxygen atoms in total. The zero-order valence-corrected chi connectivity index (χ0v) is 19.9. The van der Waals surface area contributed by atoms with E-state index in [0.717, 1.165) is 12.1 Å².